The lowest BCUT2D eigenvalue weighted by molar-refractivity contribution is 0.699. The molecule has 0 amide bonds. The van der Waals surface area contributed by atoms with Crippen LogP contribution in [-0.4, -0.2) is 14.8 Å². The molecule has 174 valence electrons. The summed E-state index contributed by atoms with van der Waals surface area (Å²) in [5, 5.41) is 8.28. The van der Waals surface area contributed by atoms with Crippen LogP contribution >= 0.6 is 22.2 Å². The highest BCUT2D eigenvalue weighted by molar-refractivity contribution is 7.29. The van der Waals surface area contributed by atoms with Gasteiger partial charge in [0.05, 0.1) is 0 Å². The zero-order chi connectivity index (χ0) is 23.2. The summed E-state index contributed by atoms with van der Waals surface area (Å²) >= 11 is 15.0. The van der Waals surface area contributed by atoms with E-state index in [9.17, 15) is 0 Å². The Labute approximate surface area is 207 Å². The topological polar surface area (TPSA) is 0 Å². The maximum absolute atomic E-state index is 7.50. The third-order valence-corrected chi connectivity index (χ3v) is 15.0. The van der Waals surface area contributed by atoms with Crippen LogP contribution in [0.4, 0.5) is 0 Å². The summed E-state index contributed by atoms with van der Waals surface area (Å²) in [5.74, 6) is 0. The fourth-order valence-electron chi connectivity index (χ4n) is 5.27. The molecule has 0 saturated carbocycles. The summed E-state index contributed by atoms with van der Waals surface area (Å²) in [7, 11) is -4.26. The Morgan fingerprint density at radius 3 is 1.12 bits per heavy atom. The molecule has 0 aliphatic carbocycles. The molecule has 0 radical (unpaired) electrons. The van der Waals surface area contributed by atoms with Gasteiger partial charge in [0, 0.05) is 0 Å². The number of hydrogen-bond donors (Lipinski definition) is 0. The van der Waals surface area contributed by atoms with Gasteiger partial charge in [-0.15, -0.1) is 0 Å². The first-order chi connectivity index (χ1) is 15.3. The van der Waals surface area contributed by atoms with Crippen LogP contribution in [0.1, 0.15) is 65.2 Å². The highest BCUT2D eigenvalue weighted by atomic mass is 35.6. The lowest BCUT2D eigenvalue weighted by Crippen LogP contribution is -2.45. The Hall–Kier alpha value is -0.806. The average Bonchev–Trinajstić information content (AvgIpc) is 2.77. The molecule has 0 spiro atoms. The molecule has 3 aromatic carbocycles. The van der Waals surface area contributed by atoms with Gasteiger partial charge in [-0.2, -0.15) is 22.2 Å². The lowest BCUT2D eigenvalue weighted by Gasteiger charge is -2.30. The SMILES string of the molecule is CCCCCC[Si](C)(Cl)c1c2ccccc2c([Si](C)(Cl)CCCCCC)c2ccccc12. The molecular formula is C28H40Cl2Si2. The number of halogens is 2. The summed E-state index contributed by atoms with van der Waals surface area (Å²) in [4.78, 5) is 0. The maximum atomic E-state index is 7.50. The predicted molar refractivity (Wildman–Crippen MR) is 154 cm³/mol. The van der Waals surface area contributed by atoms with E-state index in [2.05, 4.69) is 75.5 Å². The zero-order valence-corrected chi connectivity index (χ0v) is 24.0. The van der Waals surface area contributed by atoms with Crippen LogP contribution in [-0.2, 0) is 0 Å². The Balaban J connectivity index is 2.17. The van der Waals surface area contributed by atoms with E-state index in [1.807, 2.05) is 0 Å². The Morgan fingerprint density at radius 1 is 0.531 bits per heavy atom. The molecule has 0 N–H and O–H groups in total. The van der Waals surface area contributed by atoms with E-state index in [0.29, 0.717) is 0 Å². The van der Waals surface area contributed by atoms with Crippen LogP contribution in [0.2, 0.25) is 25.2 Å². The first-order valence-corrected chi connectivity index (χ1v) is 20.1. The smallest absolute Gasteiger partial charge is 0.161 e. The predicted octanol–water partition coefficient (Wildman–Crippen LogP) is 9.20. The molecule has 2 unspecified atom stereocenters. The Morgan fingerprint density at radius 2 is 0.844 bits per heavy atom. The van der Waals surface area contributed by atoms with Crippen molar-refractivity contribution in [1.29, 1.82) is 0 Å². The average molecular weight is 504 g/mol. The van der Waals surface area contributed by atoms with Gasteiger partial charge in [0.2, 0.25) is 0 Å². The number of unbranched alkanes of at least 4 members (excludes halogenated alkanes) is 6. The highest BCUT2D eigenvalue weighted by Crippen LogP contribution is 2.32. The zero-order valence-electron chi connectivity index (χ0n) is 20.4. The van der Waals surface area contributed by atoms with Crippen LogP contribution in [0.25, 0.3) is 21.5 Å². The van der Waals surface area contributed by atoms with E-state index >= 15 is 0 Å². The number of benzene rings is 3. The molecule has 3 rings (SSSR count). The third-order valence-electron chi connectivity index (χ3n) is 6.97. The molecule has 0 fully saturated rings. The monoisotopic (exact) mass is 502 g/mol. The minimum atomic E-state index is -2.13. The van der Waals surface area contributed by atoms with E-state index in [4.69, 9.17) is 22.2 Å². The fourth-order valence-corrected chi connectivity index (χ4v) is 12.7. The largest absolute Gasteiger partial charge is 0.185 e. The number of hydrogen-bond acceptors (Lipinski definition) is 0. The summed E-state index contributed by atoms with van der Waals surface area (Å²) in [5.41, 5.74) is 0. The van der Waals surface area contributed by atoms with Crippen molar-refractivity contribution in [2.24, 2.45) is 0 Å². The van der Waals surface area contributed by atoms with Crippen molar-refractivity contribution in [2.45, 2.75) is 90.4 Å². The van der Waals surface area contributed by atoms with Crippen LogP contribution < -0.4 is 10.4 Å². The summed E-state index contributed by atoms with van der Waals surface area (Å²) < 4.78 is 0. The fraction of sp³-hybridized carbons (Fsp3) is 0.500. The van der Waals surface area contributed by atoms with Crippen molar-refractivity contribution >= 4 is 68.8 Å². The second-order valence-electron chi connectivity index (χ2n) is 9.86. The quantitative estimate of drug-likeness (QED) is 0.1000. The molecule has 0 saturated heterocycles. The second kappa shape index (κ2) is 11.6. The first kappa shape index (κ1) is 25.8. The minimum Gasteiger partial charge on any atom is -0.161 e. The summed E-state index contributed by atoms with van der Waals surface area (Å²) in [6.45, 7) is 9.26. The molecule has 3 aromatic rings. The first-order valence-electron chi connectivity index (χ1n) is 12.7. The van der Waals surface area contributed by atoms with Crippen molar-refractivity contribution in [3.05, 3.63) is 48.5 Å². The van der Waals surface area contributed by atoms with Crippen molar-refractivity contribution in [2.75, 3.05) is 0 Å². The van der Waals surface area contributed by atoms with Crippen LogP contribution in [0.5, 0.6) is 0 Å². The molecule has 32 heavy (non-hydrogen) atoms. The molecule has 0 bridgehead atoms. The van der Waals surface area contributed by atoms with Crippen molar-refractivity contribution in [3.63, 3.8) is 0 Å². The van der Waals surface area contributed by atoms with Gasteiger partial charge in [0.15, 0.2) is 14.8 Å². The van der Waals surface area contributed by atoms with E-state index in [1.165, 1.54) is 83.3 Å². The van der Waals surface area contributed by atoms with Crippen molar-refractivity contribution in [3.8, 4) is 0 Å². The molecule has 2 atom stereocenters. The second-order valence-corrected chi connectivity index (χ2v) is 21.7. The molecule has 0 nitrogen and oxygen atoms in total. The van der Waals surface area contributed by atoms with Gasteiger partial charge in [0.1, 0.15) is 0 Å². The van der Waals surface area contributed by atoms with Gasteiger partial charge < -0.3 is 0 Å². The van der Waals surface area contributed by atoms with E-state index < -0.39 is 14.8 Å². The maximum Gasteiger partial charge on any atom is 0.185 e. The lowest BCUT2D eigenvalue weighted by atomic mass is 10.0. The summed E-state index contributed by atoms with van der Waals surface area (Å²) in [6.07, 6.45) is 10.1. The normalized spacial score (nSPS) is 15.7. The molecule has 0 aliphatic rings. The van der Waals surface area contributed by atoms with Crippen LogP contribution in [0.3, 0.4) is 0 Å². The van der Waals surface area contributed by atoms with Gasteiger partial charge in [0.25, 0.3) is 0 Å². The molecular weight excluding hydrogens is 463 g/mol. The van der Waals surface area contributed by atoms with Gasteiger partial charge in [-0.05, 0) is 44.0 Å². The minimum absolute atomic E-state index is 1.13. The van der Waals surface area contributed by atoms with Gasteiger partial charge in [-0.1, -0.05) is 127 Å². The van der Waals surface area contributed by atoms with Crippen molar-refractivity contribution < 1.29 is 0 Å². The highest BCUT2D eigenvalue weighted by Gasteiger charge is 2.36. The van der Waals surface area contributed by atoms with Crippen LogP contribution in [0, 0.1) is 0 Å². The van der Waals surface area contributed by atoms with Crippen molar-refractivity contribution in [1.82, 2.24) is 0 Å². The van der Waals surface area contributed by atoms with Crippen LogP contribution in [0.15, 0.2) is 48.5 Å². The van der Waals surface area contributed by atoms with E-state index in [-0.39, 0.29) is 0 Å². The number of fused-ring (bicyclic) bond motifs is 2. The molecule has 0 aliphatic heterocycles. The van der Waals surface area contributed by atoms with Gasteiger partial charge in [-0.3, -0.25) is 0 Å². The molecule has 0 aromatic heterocycles. The van der Waals surface area contributed by atoms with E-state index in [0.717, 1.165) is 12.1 Å². The molecule has 4 heteroatoms. The Bertz CT molecular complexity index is 888. The Kier molecular flexibility index (Phi) is 9.32. The summed E-state index contributed by atoms with van der Waals surface area (Å²) in [6, 6.07) is 20.2. The van der Waals surface area contributed by atoms with Gasteiger partial charge >= 0.3 is 0 Å². The number of rotatable bonds is 12. The molecule has 0 heterocycles. The van der Waals surface area contributed by atoms with E-state index in [1.54, 1.807) is 0 Å². The standard InChI is InChI=1S/C28H40Cl2Si2/c1-5-7-9-15-21-31(3,29)27-23-17-11-13-19-25(23)28(26-20-14-12-18-24(26)27)32(4,30)22-16-10-8-6-2/h11-14,17-20H,5-10,15-16,21-22H2,1-4H3. The van der Waals surface area contributed by atoms with Gasteiger partial charge in [-0.25, -0.2) is 0 Å². The third kappa shape index (κ3) is 5.81.